The number of aromatic carboxylic acids is 1. The van der Waals surface area contributed by atoms with Gasteiger partial charge >= 0.3 is 5.97 Å². The van der Waals surface area contributed by atoms with Crippen LogP contribution in [-0.4, -0.2) is 31.2 Å². The second-order valence-electron chi connectivity index (χ2n) is 5.99. The summed E-state index contributed by atoms with van der Waals surface area (Å²) in [5, 5.41) is 22.2. The van der Waals surface area contributed by atoms with Crippen molar-refractivity contribution in [3.8, 4) is 17.0 Å². The first kappa shape index (κ1) is 16.0. The van der Waals surface area contributed by atoms with E-state index in [0.29, 0.717) is 17.9 Å². The Kier molecular flexibility index (Phi) is 3.76. The van der Waals surface area contributed by atoms with Crippen molar-refractivity contribution in [2.24, 2.45) is 0 Å². The lowest BCUT2D eigenvalue weighted by atomic mass is 10.1. The van der Waals surface area contributed by atoms with Gasteiger partial charge in [-0.3, -0.25) is 0 Å². The van der Waals surface area contributed by atoms with Crippen molar-refractivity contribution in [1.29, 1.82) is 0 Å². The summed E-state index contributed by atoms with van der Waals surface area (Å²) in [7, 11) is 0. The summed E-state index contributed by atoms with van der Waals surface area (Å²) in [5.41, 5.74) is 3.85. The Balaban J connectivity index is 1.94. The van der Waals surface area contributed by atoms with E-state index in [-0.39, 0.29) is 5.69 Å². The van der Waals surface area contributed by atoms with Gasteiger partial charge in [0.2, 0.25) is 0 Å². The van der Waals surface area contributed by atoms with Crippen molar-refractivity contribution in [1.82, 2.24) is 20.2 Å². The minimum absolute atomic E-state index is 0.0272. The highest BCUT2D eigenvalue weighted by Gasteiger charge is 2.21. The van der Waals surface area contributed by atoms with Crippen molar-refractivity contribution in [2.45, 2.75) is 20.3 Å². The number of carbonyl (C=O) groups is 1. The number of hydrogen-bond acceptors (Lipinski definition) is 5. The predicted octanol–water partition coefficient (Wildman–Crippen LogP) is 3.64. The molecule has 1 N–H and O–H groups in total. The molecule has 0 aliphatic carbocycles. The normalized spacial score (nSPS) is 11.2. The second kappa shape index (κ2) is 6.11. The summed E-state index contributed by atoms with van der Waals surface area (Å²) in [6, 6.07) is 13.5. The van der Waals surface area contributed by atoms with E-state index >= 15 is 0 Å². The third-order valence-corrected chi connectivity index (χ3v) is 4.36. The number of fused-ring (bicyclic) bond motifs is 1. The Morgan fingerprint density at radius 1 is 1.23 bits per heavy atom. The molecule has 130 valence electrons. The van der Waals surface area contributed by atoms with E-state index in [2.05, 4.69) is 15.5 Å². The minimum atomic E-state index is -1.08. The highest BCUT2D eigenvalue weighted by atomic mass is 16.5. The van der Waals surface area contributed by atoms with Gasteiger partial charge in [0, 0.05) is 5.56 Å². The molecule has 0 unspecified atom stereocenters. The van der Waals surface area contributed by atoms with Gasteiger partial charge in [-0.2, -0.15) is 0 Å². The first-order chi connectivity index (χ1) is 12.6. The van der Waals surface area contributed by atoms with E-state index in [1.54, 1.807) is 4.68 Å². The minimum Gasteiger partial charge on any atom is -0.476 e. The Morgan fingerprint density at radius 2 is 2.00 bits per heavy atom. The van der Waals surface area contributed by atoms with Gasteiger partial charge in [-0.1, -0.05) is 47.6 Å². The van der Waals surface area contributed by atoms with Crippen LogP contribution >= 0.6 is 0 Å². The van der Waals surface area contributed by atoms with Crippen molar-refractivity contribution < 1.29 is 14.4 Å². The maximum atomic E-state index is 11.4. The van der Waals surface area contributed by atoms with Crippen LogP contribution in [0.3, 0.4) is 0 Å². The van der Waals surface area contributed by atoms with Gasteiger partial charge in [-0.05, 0) is 31.0 Å². The summed E-state index contributed by atoms with van der Waals surface area (Å²) in [6.07, 6.45) is 0.501. The van der Waals surface area contributed by atoms with Crippen molar-refractivity contribution in [3.63, 3.8) is 0 Å². The molecule has 0 spiro atoms. The SMILES string of the molecule is CCc1c(C(=O)O)nnn1-c1cc2c(-c3ccccc3)onc2cc1C. The number of aryl methyl sites for hydroxylation is 1. The van der Waals surface area contributed by atoms with Gasteiger partial charge in [-0.25, -0.2) is 9.48 Å². The molecule has 26 heavy (non-hydrogen) atoms. The lowest BCUT2D eigenvalue weighted by Gasteiger charge is -2.09. The number of carboxylic acid groups (broad SMARTS) is 1. The molecular formula is C19H16N4O3. The van der Waals surface area contributed by atoms with Gasteiger partial charge in [0.15, 0.2) is 11.5 Å². The standard InChI is InChI=1S/C19H16N4O3/c1-3-15-17(19(24)25)20-22-23(15)16-10-13-14(9-11(16)2)21-26-18(13)12-7-5-4-6-8-12/h4-10H,3H2,1-2H3,(H,24,25). The van der Waals surface area contributed by atoms with Crippen LogP contribution in [-0.2, 0) is 6.42 Å². The quantitative estimate of drug-likeness (QED) is 0.605. The molecule has 4 rings (SSSR count). The fraction of sp³-hybridized carbons (Fsp3) is 0.158. The van der Waals surface area contributed by atoms with Crippen LogP contribution in [0.1, 0.15) is 28.7 Å². The van der Waals surface area contributed by atoms with Crippen LogP contribution in [0.5, 0.6) is 0 Å². The van der Waals surface area contributed by atoms with Gasteiger partial charge < -0.3 is 9.63 Å². The number of benzene rings is 2. The van der Waals surface area contributed by atoms with Gasteiger partial charge in [0.1, 0.15) is 5.52 Å². The Labute approximate surface area is 148 Å². The Hall–Kier alpha value is -3.48. The number of hydrogen-bond donors (Lipinski definition) is 1. The first-order valence-electron chi connectivity index (χ1n) is 8.23. The molecule has 7 nitrogen and oxygen atoms in total. The summed E-state index contributed by atoms with van der Waals surface area (Å²) in [5.74, 6) is -0.416. The third kappa shape index (κ3) is 2.45. The van der Waals surface area contributed by atoms with Crippen LogP contribution in [0.15, 0.2) is 47.0 Å². The summed E-state index contributed by atoms with van der Waals surface area (Å²) >= 11 is 0. The molecule has 0 amide bonds. The Morgan fingerprint density at radius 3 is 2.69 bits per heavy atom. The zero-order valence-electron chi connectivity index (χ0n) is 14.3. The first-order valence-corrected chi connectivity index (χ1v) is 8.23. The smallest absolute Gasteiger partial charge is 0.358 e. The van der Waals surface area contributed by atoms with Crippen molar-refractivity contribution in [3.05, 3.63) is 59.4 Å². The maximum absolute atomic E-state index is 11.4. The highest BCUT2D eigenvalue weighted by molar-refractivity contribution is 5.93. The van der Waals surface area contributed by atoms with Crippen molar-refractivity contribution >= 4 is 16.9 Å². The molecular weight excluding hydrogens is 332 g/mol. The average molecular weight is 348 g/mol. The van der Waals surface area contributed by atoms with Crippen LogP contribution in [0, 0.1) is 6.92 Å². The fourth-order valence-corrected chi connectivity index (χ4v) is 3.09. The molecule has 0 aliphatic heterocycles. The third-order valence-electron chi connectivity index (χ3n) is 4.36. The van der Waals surface area contributed by atoms with Crippen LogP contribution < -0.4 is 0 Å². The summed E-state index contributed by atoms with van der Waals surface area (Å²) in [6.45, 7) is 3.80. The van der Waals surface area contributed by atoms with Crippen LogP contribution in [0.4, 0.5) is 0 Å². The van der Waals surface area contributed by atoms with E-state index in [0.717, 1.165) is 27.7 Å². The van der Waals surface area contributed by atoms with E-state index in [1.165, 1.54) is 0 Å². The molecule has 0 atom stereocenters. The topological polar surface area (TPSA) is 94.0 Å². The fourth-order valence-electron chi connectivity index (χ4n) is 3.09. The molecule has 0 saturated carbocycles. The summed E-state index contributed by atoms with van der Waals surface area (Å²) in [4.78, 5) is 11.4. The zero-order chi connectivity index (χ0) is 18.3. The van der Waals surface area contributed by atoms with Crippen LogP contribution in [0.25, 0.3) is 27.9 Å². The molecule has 7 heteroatoms. The zero-order valence-corrected chi connectivity index (χ0v) is 14.3. The number of aromatic nitrogens is 4. The van der Waals surface area contributed by atoms with Gasteiger partial charge in [0.25, 0.3) is 0 Å². The molecule has 0 bridgehead atoms. The maximum Gasteiger partial charge on any atom is 0.358 e. The van der Waals surface area contributed by atoms with Crippen LogP contribution in [0.2, 0.25) is 0 Å². The monoisotopic (exact) mass is 348 g/mol. The average Bonchev–Trinajstić information content (AvgIpc) is 3.25. The molecule has 2 heterocycles. The number of rotatable bonds is 4. The molecule has 0 fully saturated rings. The van der Waals surface area contributed by atoms with Gasteiger partial charge in [-0.15, -0.1) is 5.10 Å². The van der Waals surface area contributed by atoms with E-state index < -0.39 is 5.97 Å². The summed E-state index contributed by atoms with van der Waals surface area (Å²) < 4.78 is 7.14. The molecule has 0 radical (unpaired) electrons. The van der Waals surface area contributed by atoms with E-state index in [1.807, 2.05) is 56.3 Å². The molecule has 0 saturated heterocycles. The van der Waals surface area contributed by atoms with E-state index in [9.17, 15) is 9.90 Å². The second-order valence-corrected chi connectivity index (χ2v) is 5.99. The molecule has 0 aliphatic rings. The largest absolute Gasteiger partial charge is 0.476 e. The van der Waals surface area contributed by atoms with Gasteiger partial charge in [0.05, 0.1) is 16.8 Å². The Bertz CT molecular complexity index is 1110. The lowest BCUT2D eigenvalue weighted by molar-refractivity contribution is 0.0689. The predicted molar refractivity (Wildman–Crippen MR) is 95.4 cm³/mol. The molecule has 4 aromatic rings. The highest BCUT2D eigenvalue weighted by Crippen LogP contribution is 2.32. The molecule has 2 aromatic heterocycles. The number of nitrogens with zero attached hydrogens (tertiary/aromatic N) is 4. The van der Waals surface area contributed by atoms with E-state index in [4.69, 9.17) is 4.52 Å². The number of carboxylic acids is 1. The van der Waals surface area contributed by atoms with Crippen molar-refractivity contribution in [2.75, 3.05) is 0 Å². The lowest BCUT2D eigenvalue weighted by Crippen LogP contribution is -2.07. The molecule has 2 aromatic carbocycles.